The van der Waals surface area contributed by atoms with Gasteiger partial charge in [0.1, 0.15) is 23.7 Å². The van der Waals surface area contributed by atoms with E-state index in [2.05, 4.69) is 31.3 Å². The molecule has 0 saturated carbocycles. The fourth-order valence-corrected chi connectivity index (χ4v) is 2.23. The third-order valence-electron chi connectivity index (χ3n) is 2.59. The molecule has 0 radical (unpaired) electrons. The number of nitrogens with zero attached hydrogens (tertiary/aromatic N) is 2. The number of hydrazine groups is 1. The lowest BCUT2D eigenvalue weighted by Crippen LogP contribution is -2.12. The van der Waals surface area contributed by atoms with E-state index < -0.39 is 5.82 Å². The van der Waals surface area contributed by atoms with Crippen LogP contribution in [0, 0.1) is 5.82 Å². The standard InChI is InChI=1S/C13H14BrFN4O/c1-2-3-11-12(19-16)17-7-18-13(11)20-10-5-8(14)4-9(15)6-10/h4-7H,2-3,16H2,1H3,(H,17,18,19). The second-order valence-corrected chi connectivity index (χ2v) is 5.02. The molecule has 0 spiro atoms. The van der Waals surface area contributed by atoms with E-state index in [1.54, 1.807) is 6.07 Å². The number of ether oxygens (including phenoxy) is 1. The summed E-state index contributed by atoms with van der Waals surface area (Å²) in [5.41, 5.74) is 3.28. The number of hydrogen-bond acceptors (Lipinski definition) is 5. The Morgan fingerprint density at radius 2 is 2.15 bits per heavy atom. The molecule has 5 nitrogen and oxygen atoms in total. The Morgan fingerprint density at radius 3 is 2.80 bits per heavy atom. The van der Waals surface area contributed by atoms with E-state index in [1.807, 2.05) is 6.92 Å². The fourth-order valence-electron chi connectivity index (χ4n) is 1.78. The van der Waals surface area contributed by atoms with Gasteiger partial charge in [-0.05, 0) is 18.6 Å². The molecule has 106 valence electrons. The Balaban J connectivity index is 2.37. The van der Waals surface area contributed by atoms with Gasteiger partial charge < -0.3 is 10.2 Å². The van der Waals surface area contributed by atoms with Crippen molar-refractivity contribution in [2.24, 2.45) is 5.84 Å². The second-order valence-electron chi connectivity index (χ2n) is 4.11. The maximum absolute atomic E-state index is 13.3. The molecular weight excluding hydrogens is 327 g/mol. The van der Waals surface area contributed by atoms with E-state index in [-0.39, 0.29) is 0 Å². The monoisotopic (exact) mass is 340 g/mol. The molecule has 2 aromatic rings. The van der Waals surface area contributed by atoms with Crippen LogP contribution in [0.3, 0.4) is 0 Å². The SMILES string of the molecule is CCCc1c(NN)ncnc1Oc1cc(F)cc(Br)c1. The highest BCUT2D eigenvalue weighted by atomic mass is 79.9. The summed E-state index contributed by atoms with van der Waals surface area (Å²) in [6, 6.07) is 4.31. The molecule has 7 heteroatoms. The van der Waals surface area contributed by atoms with Gasteiger partial charge in [-0.1, -0.05) is 29.3 Å². The summed E-state index contributed by atoms with van der Waals surface area (Å²) in [7, 11) is 0. The van der Waals surface area contributed by atoms with Crippen LogP contribution in [0.5, 0.6) is 11.6 Å². The molecule has 0 unspecified atom stereocenters. The zero-order valence-electron chi connectivity index (χ0n) is 10.9. The molecule has 0 aliphatic carbocycles. The zero-order chi connectivity index (χ0) is 14.5. The number of aromatic nitrogens is 2. The van der Waals surface area contributed by atoms with Crippen LogP contribution in [0.2, 0.25) is 0 Å². The van der Waals surface area contributed by atoms with E-state index in [9.17, 15) is 4.39 Å². The van der Waals surface area contributed by atoms with Gasteiger partial charge in [0.15, 0.2) is 0 Å². The van der Waals surface area contributed by atoms with Crippen molar-refractivity contribution in [3.8, 4) is 11.6 Å². The van der Waals surface area contributed by atoms with Gasteiger partial charge in [0.25, 0.3) is 0 Å². The second kappa shape index (κ2) is 6.62. The van der Waals surface area contributed by atoms with Gasteiger partial charge in [-0.25, -0.2) is 20.2 Å². The minimum atomic E-state index is -0.391. The molecule has 1 heterocycles. The molecule has 20 heavy (non-hydrogen) atoms. The van der Waals surface area contributed by atoms with Gasteiger partial charge in [-0.3, -0.25) is 0 Å². The van der Waals surface area contributed by atoms with E-state index in [4.69, 9.17) is 10.6 Å². The van der Waals surface area contributed by atoms with Crippen molar-refractivity contribution in [1.29, 1.82) is 0 Å². The van der Waals surface area contributed by atoms with Crippen molar-refractivity contribution in [1.82, 2.24) is 9.97 Å². The number of hydrogen-bond donors (Lipinski definition) is 2. The average Bonchev–Trinajstić information content (AvgIpc) is 2.39. The first kappa shape index (κ1) is 14.7. The Morgan fingerprint density at radius 1 is 1.35 bits per heavy atom. The van der Waals surface area contributed by atoms with E-state index in [0.29, 0.717) is 28.3 Å². The van der Waals surface area contributed by atoms with Crippen molar-refractivity contribution in [2.75, 3.05) is 5.43 Å². The summed E-state index contributed by atoms with van der Waals surface area (Å²) in [6.07, 6.45) is 2.93. The molecule has 0 fully saturated rings. The molecule has 0 aliphatic heterocycles. The molecule has 0 aliphatic rings. The number of anilines is 1. The van der Waals surface area contributed by atoms with Crippen LogP contribution in [0.25, 0.3) is 0 Å². The summed E-state index contributed by atoms with van der Waals surface area (Å²) in [5.74, 6) is 6.27. The van der Waals surface area contributed by atoms with E-state index >= 15 is 0 Å². The number of halogens is 2. The molecular formula is C13H14BrFN4O. The Kier molecular flexibility index (Phi) is 4.86. The Labute approximate surface area is 124 Å². The van der Waals surface area contributed by atoms with Crippen LogP contribution < -0.4 is 16.0 Å². The van der Waals surface area contributed by atoms with E-state index in [0.717, 1.165) is 12.0 Å². The van der Waals surface area contributed by atoms with Crippen LogP contribution in [0.15, 0.2) is 29.0 Å². The topological polar surface area (TPSA) is 73.1 Å². The largest absolute Gasteiger partial charge is 0.438 e. The van der Waals surface area contributed by atoms with Crippen molar-refractivity contribution in [2.45, 2.75) is 19.8 Å². The van der Waals surface area contributed by atoms with Gasteiger partial charge in [0, 0.05) is 10.5 Å². The molecule has 0 atom stereocenters. The molecule has 1 aromatic carbocycles. The van der Waals surface area contributed by atoms with Gasteiger partial charge >= 0.3 is 0 Å². The molecule has 1 aromatic heterocycles. The van der Waals surface area contributed by atoms with Crippen molar-refractivity contribution >= 4 is 21.7 Å². The lowest BCUT2D eigenvalue weighted by atomic mass is 10.2. The maximum Gasteiger partial charge on any atom is 0.227 e. The minimum Gasteiger partial charge on any atom is -0.438 e. The number of benzene rings is 1. The first-order valence-electron chi connectivity index (χ1n) is 6.08. The third kappa shape index (κ3) is 3.43. The van der Waals surface area contributed by atoms with Crippen LogP contribution in [0.4, 0.5) is 10.2 Å². The normalized spacial score (nSPS) is 10.4. The third-order valence-corrected chi connectivity index (χ3v) is 3.05. The first-order valence-corrected chi connectivity index (χ1v) is 6.87. The lowest BCUT2D eigenvalue weighted by Gasteiger charge is -2.12. The summed E-state index contributed by atoms with van der Waals surface area (Å²) < 4.78 is 19.6. The molecule has 3 N–H and O–H groups in total. The van der Waals surface area contributed by atoms with Gasteiger partial charge in [-0.2, -0.15) is 0 Å². The fraction of sp³-hybridized carbons (Fsp3) is 0.231. The minimum absolute atomic E-state index is 0.357. The quantitative estimate of drug-likeness (QED) is 0.644. The zero-order valence-corrected chi connectivity index (χ0v) is 12.4. The van der Waals surface area contributed by atoms with Crippen LogP contribution in [0.1, 0.15) is 18.9 Å². The molecule has 0 saturated heterocycles. The highest BCUT2D eigenvalue weighted by Gasteiger charge is 2.13. The van der Waals surface area contributed by atoms with Crippen LogP contribution in [-0.2, 0) is 6.42 Å². The Bertz CT molecular complexity index is 589. The van der Waals surface area contributed by atoms with Gasteiger partial charge in [-0.15, -0.1) is 0 Å². The number of nitrogen functional groups attached to an aromatic ring is 1. The smallest absolute Gasteiger partial charge is 0.227 e. The maximum atomic E-state index is 13.3. The number of nitrogens with two attached hydrogens (primary N) is 1. The highest BCUT2D eigenvalue weighted by Crippen LogP contribution is 2.29. The predicted molar refractivity (Wildman–Crippen MR) is 78.0 cm³/mol. The van der Waals surface area contributed by atoms with Crippen LogP contribution >= 0.6 is 15.9 Å². The number of rotatable bonds is 5. The lowest BCUT2D eigenvalue weighted by molar-refractivity contribution is 0.449. The van der Waals surface area contributed by atoms with Crippen molar-refractivity contribution in [3.63, 3.8) is 0 Å². The first-order chi connectivity index (χ1) is 9.63. The Hall–Kier alpha value is -1.73. The predicted octanol–water partition coefficient (Wildman–Crippen LogP) is 3.41. The molecule has 2 rings (SSSR count). The molecule has 0 bridgehead atoms. The number of nitrogens with one attached hydrogen (secondary N) is 1. The van der Waals surface area contributed by atoms with Crippen LogP contribution in [-0.4, -0.2) is 9.97 Å². The summed E-state index contributed by atoms with van der Waals surface area (Å²) in [6.45, 7) is 2.02. The summed E-state index contributed by atoms with van der Waals surface area (Å²) in [4.78, 5) is 8.14. The van der Waals surface area contributed by atoms with E-state index in [1.165, 1.54) is 18.5 Å². The average molecular weight is 341 g/mol. The highest BCUT2D eigenvalue weighted by molar-refractivity contribution is 9.10. The summed E-state index contributed by atoms with van der Waals surface area (Å²) in [5, 5.41) is 0. The van der Waals surface area contributed by atoms with Gasteiger partial charge in [0.05, 0.1) is 5.56 Å². The van der Waals surface area contributed by atoms with Crippen molar-refractivity contribution in [3.05, 3.63) is 40.4 Å². The summed E-state index contributed by atoms with van der Waals surface area (Å²) >= 11 is 3.22. The van der Waals surface area contributed by atoms with Gasteiger partial charge in [0.2, 0.25) is 5.88 Å². The van der Waals surface area contributed by atoms with Crippen molar-refractivity contribution < 1.29 is 9.13 Å². The molecule has 0 amide bonds.